The predicted octanol–water partition coefficient (Wildman–Crippen LogP) is 0.776. The predicted molar refractivity (Wildman–Crippen MR) is 67.1 cm³/mol. The summed E-state index contributed by atoms with van der Waals surface area (Å²) in [7, 11) is 0. The smallest absolute Gasteiger partial charge is 0.251 e. The number of hydrogen-bond donors (Lipinski definition) is 2. The number of aromatic nitrogens is 3. The molecule has 6 heteroatoms. The van der Waals surface area contributed by atoms with Gasteiger partial charge in [-0.05, 0) is 18.6 Å². The van der Waals surface area contributed by atoms with Crippen LogP contribution in [0.1, 0.15) is 35.4 Å². The zero-order valence-electron chi connectivity index (χ0n) is 10.1. The van der Waals surface area contributed by atoms with Crippen LogP contribution in [-0.2, 0) is 0 Å². The van der Waals surface area contributed by atoms with Crippen molar-refractivity contribution in [1.82, 2.24) is 14.8 Å². The summed E-state index contributed by atoms with van der Waals surface area (Å²) >= 11 is 0. The summed E-state index contributed by atoms with van der Waals surface area (Å²) in [5.74, 6) is -0.501. The van der Waals surface area contributed by atoms with Gasteiger partial charge in [0.05, 0.1) is 29.3 Å². The van der Waals surface area contributed by atoms with Crippen molar-refractivity contribution >= 4 is 5.91 Å². The van der Waals surface area contributed by atoms with Crippen LogP contribution in [0.3, 0.4) is 0 Å². The molecule has 0 spiro atoms. The van der Waals surface area contributed by atoms with E-state index in [2.05, 4.69) is 10.1 Å². The Kier molecular flexibility index (Phi) is 3.38. The molecule has 0 radical (unpaired) electrons. The minimum absolute atomic E-state index is 0.0575. The molecule has 0 saturated heterocycles. The first-order chi connectivity index (χ1) is 8.61. The highest BCUT2D eigenvalue weighted by molar-refractivity contribution is 5.92. The van der Waals surface area contributed by atoms with E-state index in [9.17, 15) is 4.79 Å². The molecule has 6 nitrogen and oxygen atoms in total. The van der Waals surface area contributed by atoms with E-state index in [4.69, 9.17) is 11.5 Å². The van der Waals surface area contributed by atoms with E-state index < -0.39 is 5.91 Å². The number of carbonyl (C=O) groups is 1. The first kappa shape index (κ1) is 12.3. The van der Waals surface area contributed by atoms with Crippen LogP contribution in [0.5, 0.6) is 0 Å². The van der Waals surface area contributed by atoms with Gasteiger partial charge in [-0.3, -0.25) is 9.78 Å². The first-order valence-corrected chi connectivity index (χ1v) is 5.68. The van der Waals surface area contributed by atoms with Gasteiger partial charge in [0.25, 0.3) is 5.91 Å². The van der Waals surface area contributed by atoms with Gasteiger partial charge >= 0.3 is 0 Å². The Labute approximate surface area is 105 Å². The summed E-state index contributed by atoms with van der Waals surface area (Å²) in [6.45, 7) is 2.01. The van der Waals surface area contributed by atoms with Crippen molar-refractivity contribution in [3.63, 3.8) is 0 Å². The fourth-order valence-electron chi connectivity index (χ4n) is 1.55. The average Bonchev–Trinajstić information content (AvgIpc) is 2.88. The van der Waals surface area contributed by atoms with E-state index >= 15 is 0 Å². The van der Waals surface area contributed by atoms with Crippen molar-refractivity contribution in [2.75, 3.05) is 0 Å². The molecule has 0 aliphatic rings. The number of nitrogens with zero attached hydrogens (tertiary/aromatic N) is 3. The van der Waals surface area contributed by atoms with Crippen LogP contribution in [0.4, 0.5) is 0 Å². The highest BCUT2D eigenvalue weighted by Gasteiger charge is 2.07. The molecular formula is C12H15N5O. The fraction of sp³-hybridized carbons (Fsp3) is 0.250. The number of nitrogens with two attached hydrogens (primary N) is 2. The Balaban J connectivity index is 2.25. The molecule has 1 amide bonds. The van der Waals surface area contributed by atoms with Gasteiger partial charge in [-0.25, -0.2) is 4.68 Å². The average molecular weight is 245 g/mol. The summed E-state index contributed by atoms with van der Waals surface area (Å²) in [4.78, 5) is 15.2. The van der Waals surface area contributed by atoms with Crippen molar-refractivity contribution in [2.45, 2.75) is 19.4 Å². The summed E-state index contributed by atoms with van der Waals surface area (Å²) < 4.78 is 1.55. The Morgan fingerprint density at radius 1 is 1.44 bits per heavy atom. The minimum Gasteiger partial charge on any atom is -0.366 e. The van der Waals surface area contributed by atoms with Gasteiger partial charge in [-0.15, -0.1) is 0 Å². The van der Waals surface area contributed by atoms with Crippen molar-refractivity contribution in [1.29, 1.82) is 0 Å². The van der Waals surface area contributed by atoms with E-state index in [1.54, 1.807) is 17.1 Å². The molecular weight excluding hydrogens is 230 g/mol. The second-order valence-corrected chi connectivity index (χ2v) is 3.99. The Bertz CT molecular complexity index is 546. The van der Waals surface area contributed by atoms with Gasteiger partial charge < -0.3 is 11.5 Å². The maximum absolute atomic E-state index is 11.0. The van der Waals surface area contributed by atoms with Crippen LogP contribution in [0.2, 0.25) is 0 Å². The lowest BCUT2D eigenvalue weighted by Crippen LogP contribution is -2.11. The molecule has 0 bridgehead atoms. The number of rotatable bonds is 4. The van der Waals surface area contributed by atoms with Crippen LogP contribution in [-0.4, -0.2) is 20.7 Å². The lowest BCUT2D eigenvalue weighted by atomic mass is 10.1. The maximum atomic E-state index is 11.0. The zero-order valence-corrected chi connectivity index (χ0v) is 10.1. The lowest BCUT2D eigenvalue weighted by molar-refractivity contribution is 0.100. The normalized spacial score (nSPS) is 12.3. The number of primary amides is 1. The minimum atomic E-state index is -0.501. The molecule has 2 aromatic heterocycles. The topological polar surface area (TPSA) is 99.8 Å². The number of amides is 1. The summed E-state index contributed by atoms with van der Waals surface area (Å²) in [6.07, 6.45) is 5.50. The summed E-state index contributed by atoms with van der Waals surface area (Å²) in [5.41, 5.74) is 13.0. The van der Waals surface area contributed by atoms with Crippen LogP contribution < -0.4 is 11.5 Å². The quantitative estimate of drug-likeness (QED) is 0.831. The third-order valence-electron chi connectivity index (χ3n) is 2.72. The lowest BCUT2D eigenvalue weighted by Gasteiger charge is -2.08. The molecule has 0 aromatic carbocycles. The van der Waals surface area contributed by atoms with E-state index in [-0.39, 0.29) is 6.04 Å². The summed E-state index contributed by atoms with van der Waals surface area (Å²) in [5, 5.41) is 4.05. The monoisotopic (exact) mass is 245 g/mol. The van der Waals surface area contributed by atoms with Crippen molar-refractivity contribution in [2.24, 2.45) is 11.5 Å². The first-order valence-electron chi connectivity index (χ1n) is 5.68. The third-order valence-corrected chi connectivity index (χ3v) is 2.72. The van der Waals surface area contributed by atoms with Gasteiger partial charge in [0.15, 0.2) is 0 Å². The third kappa shape index (κ3) is 2.38. The van der Waals surface area contributed by atoms with E-state index in [0.717, 1.165) is 17.8 Å². The van der Waals surface area contributed by atoms with Crippen LogP contribution >= 0.6 is 0 Å². The molecule has 2 heterocycles. The second-order valence-electron chi connectivity index (χ2n) is 3.99. The number of hydrogen-bond acceptors (Lipinski definition) is 4. The molecule has 2 aromatic rings. The molecule has 4 N–H and O–H groups in total. The van der Waals surface area contributed by atoms with Gasteiger partial charge in [0, 0.05) is 12.2 Å². The molecule has 1 unspecified atom stereocenters. The standard InChI is InChI=1S/C12H15N5O/c1-2-10(13)11-4-3-9(6-15-11)17-7-8(5-16-17)12(14)18/h3-7,10H,2,13H2,1H3,(H2,14,18). The molecule has 0 saturated carbocycles. The van der Waals surface area contributed by atoms with Crippen molar-refractivity contribution < 1.29 is 4.79 Å². The second kappa shape index (κ2) is 4.97. The van der Waals surface area contributed by atoms with Crippen LogP contribution in [0, 0.1) is 0 Å². The van der Waals surface area contributed by atoms with Gasteiger partial charge in [0.2, 0.25) is 0 Å². The Morgan fingerprint density at radius 2 is 2.22 bits per heavy atom. The van der Waals surface area contributed by atoms with Crippen molar-refractivity contribution in [3.05, 3.63) is 42.0 Å². The van der Waals surface area contributed by atoms with Gasteiger partial charge in [-0.1, -0.05) is 6.92 Å². The Hall–Kier alpha value is -2.21. The largest absolute Gasteiger partial charge is 0.366 e. The van der Waals surface area contributed by atoms with E-state index in [1.165, 1.54) is 6.20 Å². The SMILES string of the molecule is CCC(N)c1ccc(-n2cc(C(N)=O)cn2)cn1. The highest BCUT2D eigenvalue weighted by Crippen LogP contribution is 2.13. The summed E-state index contributed by atoms with van der Waals surface area (Å²) in [6, 6.07) is 3.66. The molecule has 18 heavy (non-hydrogen) atoms. The van der Waals surface area contributed by atoms with Crippen LogP contribution in [0.15, 0.2) is 30.7 Å². The molecule has 2 rings (SSSR count). The Morgan fingerprint density at radius 3 is 2.72 bits per heavy atom. The molecule has 0 aliphatic carbocycles. The van der Waals surface area contributed by atoms with Crippen LogP contribution in [0.25, 0.3) is 5.69 Å². The molecule has 94 valence electrons. The molecule has 1 atom stereocenters. The highest BCUT2D eigenvalue weighted by atomic mass is 16.1. The number of carbonyl (C=O) groups excluding carboxylic acids is 1. The molecule has 0 aliphatic heterocycles. The number of pyridine rings is 1. The van der Waals surface area contributed by atoms with Crippen molar-refractivity contribution in [3.8, 4) is 5.69 Å². The fourth-order valence-corrected chi connectivity index (χ4v) is 1.55. The zero-order chi connectivity index (χ0) is 13.1. The van der Waals surface area contributed by atoms with Gasteiger partial charge in [0.1, 0.15) is 0 Å². The maximum Gasteiger partial charge on any atom is 0.251 e. The van der Waals surface area contributed by atoms with Gasteiger partial charge in [-0.2, -0.15) is 5.10 Å². The van der Waals surface area contributed by atoms with E-state index in [1.807, 2.05) is 19.1 Å². The molecule has 0 fully saturated rings. The van der Waals surface area contributed by atoms with E-state index in [0.29, 0.717) is 5.56 Å².